The average molecular weight is 300 g/mol. The predicted molar refractivity (Wildman–Crippen MR) is 90.7 cm³/mol. The first-order chi connectivity index (χ1) is 10.9. The molecular formula is C19H28N2O. The van der Waals surface area contributed by atoms with E-state index in [1.54, 1.807) is 0 Å². The quantitative estimate of drug-likeness (QED) is 0.450. The predicted octanol–water partition coefficient (Wildman–Crippen LogP) is 2.90. The Bertz CT molecular complexity index is 454. The summed E-state index contributed by atoms with van der Waals surface area (Å²) < 4.78 is 0. The van der Waals surface area contributed by atoms with Crippen molar-refractivity contribution in [3.8, 4) is 0 Å². The molecule has 2 N–H and O–H groups in total. The first-order valence-corrected chi connectivity index (χ1v) is 8.86. The van der Waals surface area contributed by atoms with Crippen LogP contribution in [0.15, 0.2) is 36.5 Å². The zero-order valence-electron chi connectivity index (χ0n) is 13.3. The van der Waals surface area contributed by atoms with Crippen LogP contribution in [0.3, 0.4) is 0 Å². The van der Waals surface area contributed by atoms with E-state index in [9.17, 15) is 4.79 Å². The van der Waals surface area contributed by atoms with Crippen LogP contribution >= 0.6 is 0 Å². The number of hydrogen-bond donors (Lipinski definition) is 2. The molecule has 1 heterocycles. The summed E-state index contributed by atoms with van der Waals surface area (Å²) >= 11 is 0. The average Bonchev–Trinajstić information content (AvgIpc) is 2.59. The molecule has 0 amide bonds. The van der Waals surface area contributed by atoms with Gasteiger partial charge in [0.1, 0.15) is 6.29 Å². The Labute approximate surface area is 133 Å². The van der Waals surface area contributed by atoms with Crippen molar-refractivity contribution < 1.29 is 4.79 Å². The highest BCUT2D eigenvalue weighted by molar-refractivity contribution is 5.48. The molecule has 2 aliphatic carbocycles. The third kappa shape index (κ3) is 3.76. The molecule has 1 aliphatic heterocycles. The van der Waals surface area contributed by atoms with Gasteiger partial charge in [0.25, 0.3) is 0 Å². The molecule has 120 valence electrons. The lowest BCUT2D eigenvalue weighted by atomic mass is 9.80. The van der Waals surface area contributed by atoms with E-state index < -0.39 is 0 Å². The summed E-state index contributed by atoms with van der Waals surface area (Å²) in [6.07, 6.45) is 22.5. The molecule has 3 heteroatoms. The van der Waals surface area contributed by atoms with Crippen molar-refractivity contribution in [3.05, 3.63) is 36.5 Å². The summed E-state index contributed by atoms with van der Waals surface area (Å²) in [7, 11) is 0. The van der Waals surface area contributed by atoms with Gasteiger partial charge in [-0.3, -0.25) is 0 Å². The normalized spacial score (nSPS) is 37.0. The number of fused-ring (bicyclic) bond motifs is 1. The number of carbonyl (C=O) groups excluding carboxylic acids is 1. The molecule has 0 radical (unpaired) electrons. The van der Waals surface area contributed by atoms with E-state index in [4.69, 9.17) is 0 Å². The Kier molecular flexibility index (Phi) is 5.63. The monoisotopic (exact) mass is 300 g/mol. The molecule has 0 aromatic rings. The first-order valence-electron chi connectivity index (χ1n) is 8.86. The van der Waals surface area contributed by atoms with Gasteiger partial charge >= 0.3 is 0 Å². The van der Waals surface area contributed by atoms with Crippen molar-refractivity contribution in [1.29, 1.82) is 0 Å². The zero-order chi connectivity index (χ0) is 15.2. The van der Waals surface area contributed by atoms with Crippen LogP contribution in [0.2, 0.25) is 0 Å². The fraction of sp³-hybridized carbons (Fsp3) is 0.632. The van der Waals surface area contributed by atoms with Gasteiger partial charge in [-0.15, -0.1) is 0 Å². The molecule has 4 unspecified atom stereocenters. The van der Waals surface area contributed by atoms with E-state index in [0.717, 1.165) is 25.5 Å². The molecule has 3 aliphatic rings. The van der Waals surface area contributed by atoms with Gasteiger partial charge in [-0.05, 0) is 38.0 Å². The van der Waals surface area contributed by atoms with E-state index in [1.807, 2.05) is 0 Å². The second-order valence-electron chi connectivity index (χ2n) is 6.76. The fourth-order valence-electron chi connectivity index (χ4n) is 4.03. The van der Waals surface area contributed by atoms with Crippen LogP contribution in [0.1, 0.15) is 44.9 Å². The molecule has 22 heavy (non-hydrogen) atoms. The minimum Gasteiger partial charge on any atom is -0.304 e. The molecule has 1 saturated heterocycles. The van der Waals surface area contributed by atoms with E-state index in [1.165, 1.54) is 19.3 Å². The number of nitrogens with one attached hydrogen (secondary N) is 2. The van der Waals surface area contributed by atoms with Crippen LogP contribution in [0.5, 0.6) is 0 Å². The van der Waals surface area contributed by atoms with Crippen LogP contribution in [0.4, 0.5) is 0 Å². The number of rotatable bonds is 6. The van der Waals surface area contributed by atoms with Crippen LogP contribution in [0, 0.1) is 5.92 Å². The molecule has 0 saturated carbocycles. The van der Waals surface area contributed by atoms with Gasteiger partial charge in [-0.1, -0.05) is 42.9 Å². The van der Waals surface area contributed by atoms with E-state index in [2.05, 4.69) is 47.1 Å². The summed E-state index contributed by atoms with van der Waals surface area (Å²) in [6.45, 7) is 0. The molecule has 3 nitrogen and oxygen atoms in total. The van der Waals surface area contributed by atoms with Gasteiger partial charge in [-0.25, -0.2) is 0 Å². The third-order valence-corrected chi connectivity index (χ3v) is 5.20. The van der Waals surface area contributed by atoms with Gasteiger partial charge < -0.3 is 15.4 Å². The Morgan fingerprint density at radius 3 is 2.59 bits per heavy atom. The third-order valence-electron chi connectivity index (χ3n) is 5.20. The lowest BCUT2D eigenvalue weighted by Crippen LogP contribution is -2.66. The molecule has 0 aromatic carbocycles. The van der Waals surface area contributed by atoms with E-state index in [0.29, 0.717) is 36.5 Å². The topological polar surface area (TPSA) is 41.1 Å². The summed E-state index contributed by atoms with van der Waals surface area (Å²) in [6, 6.07) is 1.82. The van der Waals surface area contributed by atoms with Crippen molar-refractivity contribution in [3.63, 3.8) is 0 Å². The number of allylic oxidation sites excluding steroid dienone is 3. The van der Waals surface area contributed by atoms with Crippen molar-refractivity contribution in [1.82, 2.24) is 10.6 Å². The Morgan fingerprint density at radius 1 is 1.05 bits per heavy atom. The maximum absolute atomic E-state index is 10.5. The number of aldehydes is 1. The lowest BCUT2D eigenvalue weighted by molar-refractivity contribution is -0.107. The molecule has 1 fully saturated rings. The number of hydrogen-bond acceptors (Lipinski definition) is 3. The standard InChI is InChI=1S/C19H28N2O/c22-14-8-2-5-13-18-19(15-9-3-1-4-10-15)21-17-12-7-6-11-16(17)20-18/h3,6-7,9,11-12,14-21H,1-2,4-5,8,10,13H2/t15?,16?,17?,18-,19?/m1/s1. The first kappa shape index (κ1) is 15.7. The van der Waals surface area contributed by atoms with Crippen LogP contribution in [-0.4, -0.2) is 30.5 Å². The van der Waals surface area contributed by atoms with E-state index in [-0.39, 0.29) is 0 Å². The second-order valence-corrected chi connectivity index (χ2v) is 6.76. The molecule has 0 spiro atoms. The highest BCUT2D eigenvalue weighted by Gasteiger charge is 2.37. The van der Waals surface area contributed by atoms with Crippen molar-refractivity contribution >= 4 is 6.29 Å². The number of carbonyl (C=O) groups is 1. The maximum atomic E-state index is 10.5. The van der Waals surface area contributed by atoms with Gasteiger partial charge in [0, 0.05) is 30.6 Å². The van der Waals surface area contributed by atoms with Gasteiger partial charge in [0.05, 0.1) is 0 Å². The minimum atomic E-state index is 0.407. The van der Waals surface area contributed by atoms with Crippen molar-refractivity contribution in [2.75, 3.05) is 0 Å². The smallest absolute Gasteiger partial charge is 0.119 e. The molecule has 3 rings (SSSR count). The summed E-state index contributed by atoms with van der Waals surface area (Å²) in [4.78, 5) is 10.5. The van der Waals surface area contributed by atoms with Gasteiger partial charge in [0.15, 0.2) is 0 Å². The Morgan fingerprint density at radius 2 is 1.86 bits per heavy atom. The maximum Gasteiger partial charge on any atom is 0.119 e. The zero-order valence-corrected chi connectivity index (χ0v) is 13.3. The van der Waals surface area contributed by atoms with Gasteiger partial charge in [0.2, 0.25) is 0 Å². The summed E-state index contributed by atoms with van der Waals surface area (Å²) in [5.41, 5.74) is 0. The fourth-order valence-corrected chi connectivity index (χ4v) is 4.03. The largest absolute Gasteiger partial charge is 0.304 e. The van der Waals surface area contributed by atoms with Gasteiger partial charge in [-0.2, -0.15) is 0 Å². The highest BCUT2D eigenvalue weighted by atomic mass is 16.1. The molecular weight excluding hydrogens is 272 g/mol. The van der Waals surface area contributed by atoms with Crippen LogP contribution < -0.4 is 10.6 Å². The lowest BCUT2D eigenvalue weighted by Gasteiger charge is -2.46. The molecule has 0 bridgehead atoms. The van der Waals surface area contributed by atoms with Crippen LogP contribution in [-0.2, 0) is 4.79 Å². The summed E-state index contributed by atoms with van der Waals surface area (Å²) in [5.74, 6) is 0.637. The molecule has 0 aromatic heterocycles. The SMILES string of the molecule is O=CCCCC[C@H]1NC2C=CC=CC2NC1C1C=CCCC1. The summed E-state index contributed by atoms with van der Waals surface area (Å²) in [5, 5.41) is 7.75. The van der Waals surface area contributed by atoms with Crippen LogP contribution in [0.25, 0.3) is 0 Å². The van der Waals surface area contributed by atoms with Crippen molar-refractivity contribution in [2.24, 2.45) is 5.92 Å². The highest BCUT2D eigenvalue weighted by Crippen LogP contribution is 2.28. The van der Waals surface area contributed by atoms with Crippen molar-refractivity contribution in [2.45, 2.75) is 69.1 Å². The Balaban J connectivity index is 1.66. The molecule has 5 atom stereocenters. The second kappa shape index (κ2) is 7.89. The minimum absolute atomic E-state index is 0.407. The number of piperazine rings is 1. The number of unbranched alkanes of at least 4 members (excludes halogenated alkanes) is 2. The van der Waals surface area contributed by atoms with E-state index >= 15 is 0 Å². The Hall–Kier alpha value is -1.19.